The van der Waals surface area contributed by atoms with E-state index in [9.17, 15) is 4.79 Å². The van der Waals surface area contributed by atoms with Gasteiger partial charge in [0.05, 0.1) is 0 Å². The Kier molecular flexibility index (Phi) is 4.41. The van der Waals surface area contributed by atoms with E-state index >= 15 is 0 Å². The molecule has 0 saturated carbocycles. The van der Waals surface area contributed by atoms with Crippen molar-refractivity contribution in [1.82, 2.24) is 4.90 Å². The minimum Gasteiger partial charge on any atom is -0.478 e. The van der Waals surface area contributed by atoms with Crippen LogP contribution in [-0.2, 0) is 11.3 Å². The summed E-state index contributed by atoms with van der Waals surface area (Å²) in [6.45, 7) is 3.52. The second-order valence-corrected chi connectivity index (χ2v) is 3.20. The standard InChI is InChI=1S/C12H15NO2/c1-2-13(9-8-12(14)15)10-11-6-4-3-5-7-11/h3-9H,2,10H2,1H3,(H,14,15)/b9-8+. The molecule has 1 rings (SSSR count). The zero-order chi connectivity index (χ0) is 11.1. The Labute approximate surface area is 89.6 Å². The first-order chi connectivity index (χ1) is 7.22. The van der Waals surface area contributed by atoms with Crippen LogP contribution in [0, 0.1) is 0 Å². The Bertz CT molecular complexity index is 333. The van der Waals surface area contributed by atoms with Crippen molar-refractivity contribution < 1.29 is 9.90 Å². The van der Waals surface area contributed by atoms with Crippen molar-refractivity contribution in [3.05, 3.63) is 48.2 Å². The van der Waals surface area contributed by atoms with Gasteiger partial charge in [0.1, 0.15) is 0 Å². The predicted octanol–water partition coefficient (Wildman–Crippen LogP) is 2.11. The van der Waals surface area contributed by atoms with Crippen molar-refractivity contribution in [3.8, 4) is 0 Å². The molecule has 1 aromatic rings. The molecule has 0 unspecified atom stereocenters. The Morgan fingerprint density at radius 2 is 2.07 bits per heavy atom. The van der Waals surface area contributed by atoms with Gasteiger partial charge in [-0.1, -0.05) is 30.3 Å². The summed E-state index contributed by atoms with van der Waals surface area (Å²) in [7, 11) is 0. The molecule has 0 aromatic heterocycles. The first-order valence-corrected chi connectivity index (χ1v) is 4.91. The second kappa shape index (κ2) is 5.86. The molecule has 0 aliphatic carbocycles. The summed E-state index contributed by atoms with van der Waals surface area (Å²) in [5.74, 6) is -0.915. The fraction of sp³-hybridized carbons (Fsp3) is 0.250. The molecular formula is C12H15NO2. The van der Waals surface area contributed by atoms with Gasteiger partial charge in [0.15, 0.2) is 0 Å². The van der Waals surface area contributed by atoms with Gasteiger partial charge < -0.3 is 10.0 Å². The van der Waals surface area contributed by atoms with Crippen LogP contribution in [0.25, 0.3) is 0 Å². The van der Waals surface area contributed by atoms with E-state index in [1.54, 1.807) is 6.20 Å². The molecule has 1 N–H and O–H groups in total. The van der Waals surface area contributed by atoms with Crippen LogP contribution in [-0.4, -0.2) is 22.5 Å². The lowest BCUT2D eigenvalue weighted by atomic mass is 10.2. The maximum absolute atomic E-state index is 10.4. The van der Waals surface area contributed by atoms with Crippen LogP contribution in [0.1, 0.15) is 12.5 Å². The molecule has 0 fully saturated rings. The summed E-state index contributed by atoms with van der Waals surface area (Å²) in [6, 6.07) is 9.97. The van der Waals surface area contributed by atoms with Gasteiger partial charge in [-0.25, -0.2) is 4.79 Å². The van der Waals surface area contributed by atoms with Gasteiger partial charge in [-0.05, 0) is 12.5 Å². The minimum atomic E-state index is -0.915. The monoisotopic (exact) mass is 205 g/mol. The van der Waals surface area contributed by atoms with Gasteiger partial charge in [0, 0.05) is 25.4 Å². The van der Waals surface area contributed by atoms with Crippen molar-refractivity contribution in [2.24, 2.45) is 0 Å². The molecule has 0 aliphatic rings. The van der Waals surface area contributed by atoms with Crippen molar-refractivity contribution in [3.63, 3.8) is 0 Å². The molecule has 0 saturated heterocycles. The molecule has 0 amide bonds. The molecule has 80 valence electrons. The summed E-state index contributed by atoms with van der Waals surface area (Å²) in [4.78, 5) is 12.3. The Morgan fingerprint density at radius 3 is 2.60 bits per heavy atom. The van der Waals surface area contributed by atoms with Crippen LogP contribution in [0.4, 0.5) is 0 Å². The molecule has 3 heteroatoms. The van der Waals surface area contributed by atoms with Crippen LogP contribution in [0.5, 0.6) is 0 Å². The third-order valence-corrected chi connectivity index (χ3v) is 2.06. The number of nitrogens with zero attached hydrogens (tertiary/aromatic N) is 1. The minimum absolute atomic E-state index is 0.737. The first-order valence-electron chi connectivity index (χ1n) is 4.91. The summed E-state index contributed by atoms with van der Waals surface area (Å²) in [5.41, 5.74) is 1.18. The maximum Gasteiger partial charge on any atom is 0.329 e. The Morgan fingerprint density at radius 1 is 1.40 bits per heavy atom. The van der Waals surface area contributed by atoms with E-state index in [-0.39, 0.29) is 0 Å². The average Bonchev–Trinajstić information content (AvgIpc) is 2.25. The molecular weight excluding hydrogens is 190 g/mol. The largest absolute Gasteiger partial charge is 0.478 e. The quantitative estimate of drug-likeness (QED) is 0.748. The van der Waals surface area contributed by atoms with Crippen molar-refractivity contribution in [2.75, 3.05) is 6.54 Å². The van der Waals surface area contributed by atoms with Gasteiger partial charge in [-0.15, -0.1) is 0 Å². The van der Waals surface area contributed by atoms with E-state index < -0.39 is 5.97 Å². The third-order valence-electron chi connectivity index (χ3n) is 2.06. The number of aliphatic carboxylic acids is 1. The highest BCUT2D eigenvalue weighted by Crippen LogP contribution is 2.04. The average molecular weight is 205 g/mol. The highest BCUT2D eigenvalue weighted by Gasteiger charge is 1.98. The highest BCUT2D eigenvalue weighted by atomic mass is 16.4. The number of rotatable bonds is 5. The Balaban J connectivity index is 2.58. The zero-order valence-corrected chi connectivity index (χ0v) is 8.76. The fourth-order valence-corrected chi connectivity index (χ4v) is 1.26. The lowest BCUT2D eigenvalue weighted by Crippen LogP contribution is -2.16. The molecule has 15 heavy (non-hydrogen) atoms. The molecule has 0 spiro atoms. The van der Waals surface area contributed by atoms with Gasteiger partial charge in [0.2, 0.25) is 0 Å². The van der Waals surface area contributed by atoms with Gasteiger partial charge >= 0.3 is 5.97 Å². The van der Waals surface area contributed by atoms with Crippen LogP contribution in [0.3, 0.4) is 0 Å². The first kappa shape index (κ1) is 11.3. The summed E-state index contributed by atoms with van der Waals surface area (Å²) in [6.07, 6.45) is 2.77. The van der Waals surface area contributed by atoms with Crippen LogP contribution in [0.15, 0.2) is 42.6 Å². The molecule has 0 atom stereocenters. The predicted molar refractivity (Wildman–Crippen MR) is 59.3 cm³/mol. The topological polar surface area (TPSA) is 40.5 Å². The lowest BCUT2D eigenvalue weighted by molar-refractivity contribution is -0.131. The van der Waals surface area contributed by atoms with Crippen molar-refractivity contribution in [2.45, 2.75) is 13.5 Å². The SMILES string of the molecule is CCN(/C=C/C(=O)O)Cc1ccccc1. The number of hydrogen-bond donors (Lipinski definition) is 1. The summed E-state index contributed by atoms with van der Waals surface area (Å²) < 4.78 is 0. The third kappa shape index (κ3) is 4.31. The number of carboxylic acids is 1. The fourth-order valence-electron chi connectivity index (χ4n) is 1.26. The molecule has 1 aromatic carbocycles. The molecule has 0 bridgehead atoms. The Hall–Kier alpha value is -1.77. The summed E-state index contributed by atoms with van der Waals surface area (Å²) in [5, 5.41) is 8.51. The van der Waals surface area contributed by atoms with Crippen molar-refractivity contribution >= 4 is 5.97 Å². The normalized spacial score (nSPS) is 10.5. The smallest absolute Gasteiger partial charge is 0.329 e. The van der Waals surface area contributed by atoms with Gasteiger partial charge in [0.25, 0.3) is 0 Å². The van der Waals surface area contributed by atoms with Gasteiger partial charge in [-0.2, -0.15) is 0 Å². The highest BCUT2D eigenvalue weighted by molar-refractivity contribution is 5.79. The molecule has 0 aliphatic heterocycles. The van der Waals surface area contributed by atoms with Crippen LogP contribution < -0.4 is 0 Å². The summed E-state index contributed by atoms with van der Waals surface area (Å²) >= 11 is 0. The van der Waals surface area contributed by atoms with E-state index in [2.05, 4.69) is 0 Å². The number of benzene rings is 1. The van der Waals surface area contributed by atoms with Gasteiger partial charge in [-0.3, -0.25) is 0 Å². The number of carboxylic acid groups (broad SMARTS) is 1. The van der Waals surface area contributed by atoms with Crippen LogP contribution in [0.2, 0.25) is 0 Å². The van der Waals surface area contributed by atoms with E-state index in [1.807, 2.05) is 42.2 Å². The van der Waals surface area contributed by atoms with E-state index in [0.717, 1.165) is 19.2 Å². The molecule has 3 nitrogen and oxygen atoms in total. The second-order valence-electron chi connectivity index (χ2n) is 3.20. The number of hydrogen-bond acceptors (Lipinski definition) is 2. The molecule has 0 heterocycles. The van der Waals surface area contributed by atoms with Crippen molar-refractivity contribution in [1.29, 1.82) is 0 Å². The van der Waals surface area contributed by atoms with E-state index in [1.165, 1.54) is 5.56 Å². The van der Waals surface area contributed by atoms with E-state index in [0.29, 0.717) is 0 Å². The van der Waals surface area contributed by atoms with Crippen LogP contribution >= 0.6 is 0 Å². The maximum atomic E-state index is 10.4. The lowest BCUT2D eigenvalue weighted by Gasteiger charge is -2.17. The molecule has 0 radical (unpaired) electrons. The zero-order valence-electron chi connectivity index (χ0n) is 8.76. The van der Waals surface area contributed by atoms with E-state index in [4.69, 9.17) is 5.11 Å². The number of carbonyl (C=O) groups is 1.